The molecule has 70 valence electrons. The molecule has 0 rings (SSSR count). The molecule has 0 atom stereocenters. The Hall–Kier alpha value is -0.440. The summed E-state index contributed by atoms with van der Waals surface area (Å²) >= 11 is 1.70. The van der Waals surface area contributed by atoms with Crippen molar-refractivity contribution in [2.45, 2.75) is 33.2 Å². The Morgan fingerprint density at radius 2 is 2.17 bits per heavy atom. The van der Waals surface area contributed by atoms with Gasteiger partial charge in [-0.3, -0.25) is 4.99 Å². The third-order valence-electron chi connectivity index (χ3n) is 1.20. The van der Waals surface area contributed by atoms with Gasteiger partial charge in [-0.25, -0.2) is 0 Å². The maximum absolute atomic E-state index is 5.71. The van der Waals surface area contributed by atoms with Gasteiger partial charge in [0.1, 0.15) is 0 Å². The van der Waals surface area contributed by atoms with E-state index in [9.17, 15) is 0 Å². The van der Waals surface area contributed by atoms with Crippen LogP contribution in [0.4, 0.5) is 0 Å². The van der Waals surface area contributed by atoms with Crippen LogP contribution in [-0.4, -0.2) is 18.1 Å². The van der Waals surface area contributed by atoms with Gasteiger partial charge < -0.3 is 5.73 Å². The summed E-state index contributed by atoms with van der Waals surface area (Å²) in [6.07, 6.45) is 2.83. The molecule has 0 radical (unpaired) electrons. The van der Waals surface area contributed by atoms with Crippen LogP contribution in [0.1, 0.15) is 27.2 Å². The summed E-state index contributed by atoms with van der Waals surface area (Å²) in [5, 5.41) is 2.10. The van der Waals surface area contributed by atoms with Crippen molar-refractivity contribution < 1.29 is 0 Å². The van der Waals surface area contributed by atoms with Gasteiger partial charge in [0.2, 0.25) is 0 Å². The molecule has 0 aliphatic heterocycles. The Morgan fingerprint density at radius 1 is 1.58 bits per heavy atom. The van der Waals surface area contributed by atoms with Crippen molar-refractivity contribution in [1.29, 1.82) is 0 Å². The van der Waals surface area contributed by atoms with Gasteiger partial charge in [-0.2, -0.15) is 0 Å². The van der Waals surface area contributed by atoms with E-state index in [1.54, 1.807) is 11.8 Å². The zero-order valence-electron chi connectivity index (χ0n) is 8.29. The van der Waals surface area contributed by atoms with Gasteiger partial charge in [0.25, 0.3) is 0 Å². The number of hydrogen-bond acceptors (Lipinski definition) is 2. The lowest BCUT2D eigenvalue weighted by Crippen LogP contribution is -2.14. The van der Waals surface area contributed by atoms with Gasteiger partial charge in [-0.05, 0) is 32.4 Å². The fourth-order valence-electron chi connectivity index (χ4n) is 0.906. The minimum absolute atomic E-state index is 0.298. The number of aliphatic imine (C=N–C) groups is 1. The minimum atomic E-state index is 0.298. The number of hydrogen-bond donors (Lipinski definition) is 1. The van der Waals surface area contributed by atoms with E-state index in [0.29, 0.717) is 6.04 Å². The first-order valence-corrected chi connectivity index (χ1v) is 5.35. The lowest BCUT2D eigenvalue weighted by Gasteiger charge is -2.02. The van der Waals surface area contributed by atoms with Crippen LogP contribution in [0.25, 0.3) is 0 Å². The molecule has 0 aromatic heterocycles. The average molecular weight is 186 g/mol. The van der Waals surface area contributed by atoms with E-state index in [4.69, 9.17) is 5.73 Å². The zero-order chi connectivity index (χ0) is 9.56. The first-order valence-electron chi connectivity index (χ1n) is 4.06. The predicted octanol–water partition coefficient (Wildman–Crippen LogP) is 2.41. The normalized spacial score (nSPS) is 14.1. The Morgan fingerprint density at radius 3 is 2.58 bits per heavy atom. The highest BCUT2D eigenvalue weighted by Gasteiger charge is 1.95. The van der Waals surface area contributed by atoms with Gasteiger partial charge in [0.05, 0.1) is 5.84 Å². The highest BCUT2D eigenvalue weighted by atomic mass is 32.2. The molecule has 0 aromatic carbocycles. The molecular weight excluding hydrogens is 168 g/mol. The van der Waals surface area contributed by atoms with Crippen LogP contribution in [-0.2, 0) is 0 Å². The Kier molecular flexibility index (Phi) is 5.89. The summed E-state index contributed by atoms with van der Waals surface area (Å²) in [7, 11) is 0. The van der Waals surface area contributed by atoms with Crippen molar-refractivity contribution in [1.82, 2.24) is 0 Å². The molecule has 0 fully saturated rings. The number of thioether (sulfide) groups is 1. The van der Waals surface area contributed by atoms with E-state index < -0.39 is 0 Å². The van der Waals surface area contributed by atoms with Crippen LogP contribution in [0.5, 0.6) is 0 Å². The topological polar surface area (TPSA) is 38.4 Å². The summed E-state index contributed by atoms with van der Waals surface area (Å²) in [4.78, 5) is 4.24. The molecule has 0 heterocycles. The second-order valence-corrected chi connectivity index (χ2v) is 3.80. The lowest BCUT2D eigenvalue weighted by molar-refractivity contribution is 0.829. The Balaban J connectivity index is 4.00. The van der Waals surface area contributed by atoms with Gasteiger partial charge in [0, 0.05) is 12.5 Å². The van der Waals surface area contributed by atoms with Crippen molar-refractivity contribution in [3.8, 4) is 0 Å². The van der Waals surface area contributed by atoms with Crippen LogP contribution >= 0.6 is 11.8 Å². The molecule has 0 amide bonds. The molecule has 2 nitrogen and oxygen atoms in total. The molecule has 3 heteroatoms. The van der Waals surface area contributed by atoms with Crippen molar-refractivity contribution in [3.05, 3.63) is 11.0 Å². The van der Waals surface area contributed by atoms with E-state index in [-0.39, 0.29) is 0 Å². The Bertz CT molecular complexity index is 183. The maximum atomic E-state index is 5.71. The Labute approximate surface area is 79.3 Å². The fourth-order valence-corrected chi connectivity index (χ4v) is 1.39. The van der Waals surface area contributed by atoms with Gasteiger partial charge in [0.15, 0.2) is 0 Å². The van der Waals surface area contributed by atoms with Crippen LogP contribution in [0, 0.1) is 0 Å². The molecule has 0 unspecified atom stereocenters. The molecule has 0 aliphatic rings. The summed E-state index contributed by atoms with van der Waals surface area (Å²) in [6, 6.07) is 0.298. The van der Waals surface area contributed by atoms with E-state index in [2.05, 4.69) is 17.3 Å². The molecule has 2 N–H and O–H groups in total. The van der Waals surface area contributed by atoms with E-state index in [0.717, 1.165) is 12.3 Å². The molecule has 0 bridgehead atoms. The number of amidine groups is 1. The van der Waals surface area contributed by atoms with Crippen molar-refractivity contribution in [2.24, 2.45) is 10.7 Å². The van der Waals surface area contributed by atoms with E-state index in [1.165, 1.54) is 5.57 Å². The first kappa shape index (κ1) is 11.6. The molecular formula is C9H18N2S. The van der Waals surface area contributed by atoms with Crippen molar-refractivity contribution in [2.75, 3.05) is 6.26 Å². The largest absolute Gasteiger partial charge is 0.387 e. The summed E-state index contributed by atoms with van der Waals surface area (Å²) < 4.78 is 0. The highest BCUT2D eigenvalue weighted by Crippen LogP contribution is 2.06. The van der Waals surface area contributed by atoms with Gasteiger partial charge >= 0.3 is 0 Å². The molecule has 0 aliphatic carbocycles. The molecule has 0 aromatic rings. The second kappa shape index (κ2) is 6.12. The molecule has 0 saturated heterocycles. The standard InChI is InChI=1S/C9H18N2S/c1-7(2)11-9(10)5-8(3)6-12-4/h6-7H,5H2,1-4H3,(H2,10,11)/b8-6+. The zero-order valence-corrected chi connectivity index (χ0v) is 9.11. The quantitative estimate of drug-likeness (QED) is 0.541. The van der Waals surface area contributed by atoms with Gasteiger partial charge in [-0.1, -0.05) is 5.57 Å². The van der Waals surface area contributed by atoms with Crippen LogP contribution < -0.4 is 5.73 Å². The third kappa shape index (κ3) is 6.28. The summed E-state index contributed by atoms with van der Waals surface area (Å²) in [5.74, 6) is 0.729. The lowest BCUT2D eigenvalue weighted by atomic mass is 10.2. The van der Waals surface area contributed by atoms with Crippen LogP contribution in [0.15, 0.2) is 16.0 Å². The SMILES string of the molecule is CS/C=C(\C)CC(N)=NC(C)C. The van der Waals surface area contributed by atoms with E-state index >= 15 is 0 Å². The second-order valence-electron chi connectivity index (χ2n) is 3.09. The number of rotatable bonds is 4. The molecule has 0 saturated carbocycles. The monoisotopic (exact) mass is 186 g/mol. The number of nitrogens with zero attached hydrogens (tertiary/aromatic N) is 1. The summed E-state index contributed by atoms with van der Waals surface area (Å²) in [5.41, 5.74) is 6.97. The first-order chi connectivity index (χ1) is 5.56. The van der Waals surface area contributed by atoms with Crippen LogP contribution in [0.3, 0.4) is 0 Å². The third-order valence-corrected chi connectivity index (χ3v) is 1.84. The smallest absolute Gasteiger partial charge is 0.0981 e. The van der Waals surface area contributed by atoms with E-state index in [1.807, 2.05) is 20.1 Å². The van der Waals surface area contributed by atoms with Crippen LogP contribution in [0.2, 0.25) is 0 Å². The highest BCUT2D eigenvalue weighted by molar-refractivity contribution is 8.01. The van der Waals surface area contributed by atoms with Crippen molar-refractivity contribution >= 4 is 17.6 Å². The fraction of sp³-hybridized carbons (Fsp3) is 0.667. The number of nitrogens with two attached hydrogens (primary N) is 1. The maximum Gasteiger partial charge on any atom is 0.0981 e. The average Bonchev–Trinajstić information content (AvgIpc) is 1.84. The predicted molar refractivity (Wildman–Crippen MR) is 58.6 cm³/mol. The molecule has 0 spiro atoms. The minimum Gasteiger partial charge on any atom is -0.387 e. The van der Waals surface area contributed by atoms with Gasteiger partial charge in [-0.15, -0.1) is 11.8 Å². The van der Waals surface area contributed by atoms with Crippen molar-refractivity contribution in [3.63, 3.8) is 0 Å². The molecule has 12 heavy (non-hydrogen) atoms. The summed E-state index contributed by atoms with van der Waals surface area (Å²) in [6.45, 7) is 6.13.